The molecule has 0 aliphatic carbocycles. The van der Waals surface area contributed by atoms with Gasteiger partial charge in [0.05, 0.1) is 23.0 Å². The third kappa shape index (κ3) is 10.7. The summed E-state index contributed by atoms with van der Waals surface area (Å²) in [6.45, 7) is 3.91. The molecular weight excluding hydrogens is 666 g/mol. The largest absolute Gasteiger partial charge is 1.00 e. The Kier molecular flexibility index (Phi) is 14.1. The summed E-state index contributed by atoms with van der Waals surface area (Å²) in [6, 6.07) is 7.27. The molecule has 0 aliphatic rings. The average Bonchev–Trinajstić information content (AvgIpc) is 2.91. The van der Waals surface area contributed by atoms with Crippen molar-refractivity contribution in [3.8, 4) is 12.0 Å². The fourth-order valence-corrected chi connectivity index (χ4v) is 5.01. The van der Waals surface area contributed by atoms with E-state index in [1.165, 1.54) is 36.4 Å². The average molecular weight is 691 g/mol. The predicted molar refractivity (Wildman–Crippen MR) is 155 cm³/mol. The molecule has 0 aliphatic heterocycles. The van der Waals surface area contributed by atoms with Crippen LogP contribution in [0.25, 0.3) is 12.2 Å². The Labute approximate surface area is 308 Å². The number of hydrogen-bond donors (Lipinski definition) is 4. The van der Waals surface area contributed by atoms with Crippen LogP contribution in [-0.2, 0) is 20.2 Å². The fraction of sp³-hybridized carbons (Fsp3) is 0.167. The number of nitrogens with two attached hydrogens (primary N) is 2. The maximum atomic E-state index is 12.1. The summed E-state index contributed by atoms with van der Waals surface area (Å²) in [5.74, 6) is -0.488. The molecule has 0 unspecified atom stereocenters. The van der Waals surface area contributed by atoms with Crippen LogP contribution in [0.5, 0.6) is 12.0 Å². The zero-order valence-electron chi connectivity index (χ0n) is 25.0. The molecule has 22 heteroatoms. The van der Waals surface area contributed by atoms with Crippen LogP contribution in [0.4, 0.5) is 35.2 Å². The van der Waals surface area contributed by atoms with Gasteiger partial charge in [0.25, 0.3) is 0 Å². The van der Waals surface area contributed by atoms with Gasteiger partial charge < -0.3 is 40.7 Å². The molecule has 0 radical (unpaired) electrons. The second-order valence-corrected chi connectivity index (χ2v) is 11.2. The van der Waals surface area contributed by atoms with E-state index in [9.17, 15) is 25.9 Å². The van der Waals surface area contributed by atoms with Gasteiger partial charge in [-0.2, -0.15) is 29.9 Å². The fourth-order valence-electron chi connectivity index (χ4n) is 3.61. The van der Waals surface area contributed by atoms with E-state index in [2.05, 4.69) is 40.5 Å². The van der Waals surface area contributed by atoms with Gasteiger partial charge in [-0.3, -0.25) is 0 Å². The number of ether oxygens (including phenoxy) is 2. The van der Waals surface area contributed by atoms with Crippen molar-refractivity contribution in [3.63, 3.8) is 0 Å². The molecule has 0 fully saturated rings. The van der Waals surface area contributed by atoms with Crippen molar-refractivity contribution in [2.45, 2.75) is 23.6 Å². The molecule has 4 aromatic rings. The summed E-state index contributed by atoms with van der Waals surface area (Å²) in [5.41, 5.74) is 11.3. The van der Waals surface area contributed by atoms with Crippen molar-refractivity contribution in [1.82, 2.24) is 29.9 Å². The van der Waals surface area contributed by atoms with Crippen LogP contribution in [0, 0.1) is 0 Å². The quantitative estimate of drug-likeness (QED) is 0.0619. The smallest absolute Gasteiger partial charge is 0.744 e. The minimum Gasteiger partial charge on any atom is -0.744 e. The van der Waals surface area contributed by atoms with Crippen LogP contribution in [-0.4, -0.2) is 69.1 Å². The molecule has 0 saturated heterocycles. The van der Waals surface area contributed by atoms with Gasteiger partial charge in [-0.25, -0.2) is 16.8 Å². The Balaban J connectivity index is 0.00000368. The molecule has 0 amide bonds. The first-order chi connectivity index (χ1) is 20.7. The SMILES string of the molecule is CCOc1nc(N)nc(Nc2ccc(/C=C/c3ccc(Nc4nc(N)nc(OCC)n4)cc3S(=O)(=O)[O-])c(S(=O)(=O)[O-])c2)n1.[Na+].[Na+]. The zero-order valence-corrected chi connectivity index (χ0v) is 30.6. The molecule has 2 aromatic carbocycles. The minimum atomic E-state index is -5.04. The van der Waals surface area contributed by atoms with Gasteiger partial charge in [0.2, 0.25) is 23.8 Å². The van der Waals surface area contributed by atoms with E-state index in [0.29, 0.717) is 0 Å². The molecule has 46 heavy (non-hydrogen) atoms. The van der Waals surface area contributed by atoms with Crippen LogP contribution in [0.1, 0.15) is 25.0 Å². The van der Waals surface area contributed by atoms with Crippen molar-refractivity contribution in [2.24, 2.45) is 0 Å². The van der Waals surface area contributed by atoms with Gasteiger partial charge in [0.1, 0.15) is 20.2 Å². The monoisotopic (exact) mass is 690 g/mol. The van der Waals surface area contributed by atoms with Crippen molar-refractivity contribution in [1.29, 1.82) is 0 Å². The Morgan fingerprint density at radius 1 is 0.674 bits per heavy atom. The van der Waals surface area contributed by atoms with E-state index >= 15 is 0 Å². The van der Waals surface area contributed by atoms with Crippen LogP contribution in [0.15, 0.2) is 46.2 Å². The third-order valence-electron chi connectivity index (χ3n) is 5.33. The summed E-state index contributed by atoms with van der Waals surface area (Å²) < 4.78 is 83.1. The Bertz CT molecular complexity index is 1810. The first-order valence-electron chi connectivity index (χ1n) is 12.5. The Morgan fingerprint density at radius 3 is 1.37 bits per heavy atom. The molecule has 18 nitrogen and oxygen atoms in total. The molecule has 2 aromatic heterocycles. The standard InChI is InChI=1S/C24H26N10O8S2.2Na/c1-3-41-23-31-19(25)29-21(33-23)27-15-9-7-13(17(11-15)43(35,36)37)5-6-14-8-10-16(12-18(14)44(38,39)40)28-22-30-20(26)32-24(34-22)42-4-2;;/h5-12H,3-4H2,1-2H3,(H,35,36,37)(H,38,39,40)(H3,25,27,29,31,33)(H3,26,28,30,32,34);;/q;2*+1/p-2/b6-5+;;. The van der Waals surface area contributed by atoms with Crippen LogP contribution >= 0.6 is 0 Å². The first-order valence-corrected chi connectivity index (χ1v) is 15.3. The van der Waals surface area contributed by atoms with Gasteiger partial charge in [0.15, 0.2) is 0 Å². The molecule has 0 saturated carbocycles. The van der Waals surface area contributed by atoms with Crippen molar-refractivity contribution < 1.29 is 94.5 Å². The number of nitrogens with one attached hydrogen (secondary N) is 2. The van der Waals surface area contributed by atoms with Crippen LogP contribution in [0.2, 0.25) is 0 Å². The molecular formula is C24H24N10Na2O8S2. The topological polar surface area (TPSA) is 286 Å². The van der Waals surface area contributed by atoms with Crippen molar-refractivity contribution >= 4 is 67.6 Å². The Morgan fingerprint density at radius 2 is 1.04 bits per heavy atom. The molecule has 4 rings (SSSR count). The molecule has 2 heterocycles. The summed E-state index contributed by atoms with van der Waals surface area (Å²) >= 11 is 0. The van der Waals surface area contributed by atoms with Crippen molar-refractivity contribution in [3.05, 3.63) is 47.5 Å². The van der Waals surface area contributed by atoms with Gasteiger partial charge in [-0.1, -0.05) is 24.3 Å². The van der Waals surface area contributed by atoms with E-state index in [4.69, 9.17) is 20.9 Å². The zero-order chi connectivity index (χ0) is 32.1. The van der Waals surface area contributed by atoms with E-state index in [0.717, 1.165) is 12.1 Å². The number of benzene rings is 2. The number of nitrogens with zero attached hydrogens (tertiary/aromatic N) is 6. The summed E-state index contributed by atoms with van der Waals surface area (Å²) in [6.07, 6.45) is 2.33. The summed E-state index contributed by atoms with van der Waals surface area (Å²) in [5, 5.41) is 5.44. The second-order valence-electron chi connectivity index (χ2n) is 8.46. The van der Waals surface area contributed by atoms with E-state index in [1.807, 2.05) is 0 Å². The number of aromatic nitrogens is 6. The van der Waals surface area contributed by atoms with Crippen LogP contribution < -0.4 is 90.7 Å². The number of rotatable bonds is 12. The first kappa shape index (κ1) is 39.0. The van der Waals surface area contributed by atoms with Gasteiger partial charge in [-0.05, 0) is 49.2 Å². The van der Waals surface area contributed by atoms with E-state index in [-0.39, 0.29) is 131 Å². The normalized spacial score (nSPS) is 11.3. The maximum Gasteiger partial charge on any atom is 1.00 e. The predicted octanol–water partition coefficient (Wildman–Crippen LogP) is -4.51. The second kappa shape index (κ2) is 16.6. The molecule has 0 bridgehead atoms. The van der Waals surface area contributed by atoms with Gasteiger partial charge in [-0.15, -0.1) is 0 Å². The van der Waals surface area contributed by atoms with E-state index in [1.54, 1.807) is 13.8 Å². The number of nitrogen functional groups attached to an aromatic ring is 2. The van der Waals surface area contributed by atoms with Crippen LogP contribution in [0.3, 0.4) is 0 Å². The Hall–Kier alpha value is -3.18. The number of hydrogen-bond acceptors (Lipinski definition) is 18. The number of anilines is 6. The molecule has 0 atom stereocenters. The molecule has 232 valence electrons. The molecule has 6 N–H and O–H groups in total. The summed E-state index contributed by atoms with van der Waals surface area (Å²) in [4.78, 5) is 22.1. The third-order valence-corrected chi connectivity index (χ3v) is 7.12. The van der Waals surface area contributed by atoms with Gasteiger partial charge in [0, 0.05) is 11.4 Å². The molecule has 0 spiro atoms. The summed E-state index contributed by atoms with van der Waals surface area (Å²) in [7, 11) is -10.1. The van der Waals surface area contributed by atoms with Gasteiger partial charge >= 0.3 is 71.1 Å². The maximum absolute atomic E-state index is 12.1. The van der Waals surface area contributed by atoms with E-state index < -0.39 is 30.0 Å². The van der Waals surface area contributed by atoms with Crippen molar-refractivity contribution in [2.75, 3.05) is 35.3 Å². The minimum absolute atomic E-state index is 0.